The predicted octanol–water partition coefficient (Wildman–Crippen LogP) is 1.76. The molecule has 0 N–H and O–H groups in total. The van der Waals surface area contributed by atoms with Gasteiger partial charge in [-0.1, -0.05) is 0 Å². The number of ether oxygens (including phenoxy) is 3. The Morgan fingerprint density at radius 1 is 0.952 bits per heavy atom. The number of rotatable bonds is 8. The molecule has 0 fully saturated rings. The second-order valence-electron chi connectivity index (χ2n) is 4.28. The van der Waals surface area contributed by atoms with E-state index in [1.807, 2.05) is 0 Å². The molecule has 0 heterocycles. The largest absolute Gasteiger partial charge is 0.497 e. The normalized spacial score (nSPS) is 10.0. The summed E-state index contributed by atoms with van der Waals surface area (Å²) in [6.07, 6.45) is 0.543. The van der Waals surface area contributed by atoms with E-state index in [1.54, 1.807) is 31.4 Å². The van der Waals surface area contributed by atoms with Crippen LogP contribution >= 0.6 is 0 Å². The summed E-state index contributed by atoms with van der Waals surface area (Å²) < 4.78 is 14.0. The number of esters is 2. The fourth-order valence-corrected chi connectivity index (χ4v) is 1.64. The van der Waals surface area contributed by atoms with Crippen molar-refractivity contribution in [1.29, 1.82) is 0 Å². The summed E-state index contributed by atoms with van der Waals surface area (Å²) >= 11 is 0. The lowest BCUT2D eigenvalue weighted by Gasteiger charge is -2.04. The maximum Gasteiger partial charge on any atom is 0.339 e. The van der Waals surface area contributed by atoms with E-state index in [-0.39, 0.29) is 25.2 Å². The lowest BCUT2D eigenvalue weighted by Crippen LogP contribution is -2.16. The summed E-state index contributed by atoms with van der Waals surface area (Å²) in [6.45, 7) is -0.267. The van der Waals surface area contributed by atoms with Crippen LogP contribution in [0.1, 0.15) is 29.6 Å². The van der Waals surface area contributed by atoms with Crippen molar-refractivity contribution in [1.82, 2.24) is 0 Å². The van der Waals surface area contributed by atoms with Crippen molar-refractivity contribution in [3.05, 3.63) is 29.8 Å². The van der Waals surface area contributed by atoms with E-state index in [2.05, 4.69) is 9.47 Å². The van der Waals surface area contributed by atoms with Crippen molar-refractivity contribution in [3.63, 3.8) is 0 Å². The van der Waals surface area contributed by atoms with Crippen molar-refractivity contribution in [2.24, 2.45) is 0 Å². The molecule has 0 saturated heterocycles. The predicted molar refractivity (Wildman–Crippen MR) is 74.2 cm³/mol. The topological polar surface area (TPSA) is 78.9 Å². The highest BCUT2D eigenvalue weighted by atomic mass is 16.6. The van der Waals surface area contributed by atoms with Crippen molar-refractivity contribution < 1.29 is 28.6 Å². The van der Waals surface area contributed by atoms with Crippen LogP contribution in [-0.2, 0) is 19.1 Å². The molecule has 0 unspecified atom stereocenters. The molecule has 0 aliphatic carbocycles. The third kappa shape index (κ3) is 6.18. The van der Waals surface area contributed by atoms with Gasteiger partial charge in [0.15, 0.2) is 5.78 Å². The number of Topliss-reactive ketones (excluding diaryl/α,β-unsaturated/α-hetero) is 1. The first-order valence-electron chi connectivity index (χ1n) is 6.46. The van der Waals surface area contributed by atoms with Gasteiger partial charge in [0.05, 0.1) is 7.11 Å². The Balaban J connectivity index is 2.32. The van der Waals surface area contributed by atoms with Gasteiger partial charge in [-0.15, -0.1) is 0 Å². The number of carbonyl (C=O) groups is 3. The molecule has 0 aliphatic heterocycles. The zero-order chi connectivity index (χ0) is 15.7. The Morgan fingerprint density at radius 3 is 2.19 bits per heavy atom. The standard InChI is InChI=1S/C15H18O6/c1-19-10-15(18)21-14(17)5-3-4-13(16)11-6-8-12(20-2)9-7-11/h6-9H,3-5,10H2,1-2H3. The van der Waals surface area contributed by atoms with Gasteiger partial charge >= 0.3 is 11.9 Å². The van der Waals surface area contributed by atoms with E-state index in [0.29, 0.717) is 17.7 Å². The zero-order valence-electron chi connectivity index (χ0n) is 12.1. The molecule has 6 nitrogen and oxygen atoms in total. The molecule has 0 aliphatic rings. The number of hydrogen-bond acceptors (Lipinski definition) is 6. The van der Waals surface area contributed by atoms with Crippen LogP contribution in [0.5, 0.6) is 5.75 Å². The molecule has 114 valence electrons. The molecular formula is C15H18O6. The fourth-order valence-electron chi connectivity index (χ4n) is 1.64. The van der Waals surface area contributed by atoms with Gasteiger partial charge in [-0.2, -0.15) is 0 Å². The van der Waals surface area contributed by atoms with Crippen LogP contribution in [0.3, 0.4) is 0 Å². The van der Waals surface area contributed by atoms with Crippen molar-refractivity contribution in [2.75, 3.05) is 20.8 Å². The minimum atomic E-state index is -0.732. The van der Waals surface area contributed by atoms with E-state index in [0.717, 1.165) is 0 Å². The highest BCUT2D eigenvalue weighted by Crippen LogP contribution is 2.13. The maximum absolute atomic E-state index is 11.9. The van der Waals surface area contributed by atoms with Gasteiger partial charge in [-0.3, -0.25) is 9.59 Å². The summed E-state index contributed by atoms with van der Waals surface area (Å²) in [5.74, 6) is -0.788. The highest BCUT2D eigenvalue weighted by molar-refractivity contribution is 5.96. The Labute approximate surface area is 123 Å². The lowest BCUT2D eigenvalue weighted by atomic mass is 10.1. The molecule has 0 radical (unpaired) electrons. The van der Waals surface area contributed by atoms with Crippen LogP contribution in [0.25, 0.3) is 0 Å². The number of hydrogen-bond donors (Lipinski definition) is 0. The molecule has 1 aromatic carbocycles. The van der Waals surface area contributed by atoms with E-state index in [1.165, 1.54) is 7.11 Å². The molecule has 0 saturated carbocycles. The van der Waals surface area contributed by atoms with Gasteiger partial charge in [0.1, 0.15) is 12.4 Å². The van der Waals surface area contributed by atoms with Gasteiger partial charge in [0, 0.05) is 25.5 Å². The van der Waals surface area contributed by atoms with Gasteiger partial charge in [0.2, 0.25) is 0 Å². The van der Waals surface area contributed by atoms with Crippen LogP contribution < -0.4 is 4.74 Å². The summed E-state index contributed by atoms with van der Waals surface area (Å²) in [5.41, 5.74) is 0.555. The molecule has 1 rings (SSSR count). The monoisotopic (exact) mass is 294 g/mol. The molecule has 0 bridgehead atoms. The Kier molecular flexibility index (Phi) is 7.11. The molecule has 6 heteroatoms. The maximum atomic E-state index is 11.9. The molecule has 21 heavy (non-hydrogen) atoms. The first-order valence-corrected chi connectivity index (χ1v) is 6.46. The SMILES string of the molecule is COCC(=O)OC(=O)CCCC(=O)c1ccc(OC)cc1. The average molecular weight is 294 g/mol. The Morgan fingerprint density at radius 2 is 1.62 bits per heavy atom. The van der Waals surface area contributed by atoms with E-state index >= 15 is 0 Å². The van der Waals surface area contributed by atoms with E-state index < -0.39 is 11.9 Å². The molecule has 1 aromatic rings. The Hall–Kier alpha value is -2.21. The number of ketones is 1. The highest BCUT2D eigenvalue weighted by Gasteiger charge is 2.12. The molecule has 0 aromatic heterocycles. The first kappa shape index (κ1) is 16.8. The van der Waals surface area contributed by atoms with Crippen LogP contribution in [0, 0.1) is 0 Å². The zero-order valence-corrected chi connectivity index (χ0v) is 12.1. The average Bonchev–Trinajstić information content (AvgIpc) is 2.47. The van der Waals surface area contributed by atoms with Crippen LogP contribution in [0.4, 0.5) is 0 Å². The van der Waals surface area contributed by atoms with Crippen molar-refractivity contribution >= 4 is 17.7 Å². The third-order valence-electron chi connectivity index (χ3n) is 2.69. The van der Waals surface area contributed by atoms with Crippen molar-refractivity contribution in [3.8, 4) is 5.75 Å². The van der Waals surface area contributed by atoms with Crippen LogP contribution in [0.15, 0.2) is 24.3 Å². The second-order valence-corrected chi connectivity index (χ2v) is 4.28. The van der Waals surface area contributed by atoms with Gasteiger partial charge in [-0.25, -0.2) is 4.79 Å². The van der Waals surface area contributed by atoms with Gasteiger partial charge < -0.3 is 14.2 Å². The third-order valence-corrected chi connectivity index (χ3v) is 2.69. The van der Waals surface area contributed by atoms with Gasteiger partial charge in [0.25, 0.3) is 0 Å². The second kappa shape index (κ2) is 8.86. The number of carbonyl (C=O) groups excluding carboxylic acids is 3. The minimum absolute atomic E-state index is 0.0113. The van der Waals surface area contributed by atoms with Crippen LogP contribution in [-0.4, -0.2) is 38.5 Å². The minimum Gasteiger partial charge on any atom is -0.497 e. The van der Waals surface area contributed by atoms with Crippen molar-refractivity contribution in [2.45, 2.75) is 19.3 Å². The fraction of sp³-hybridized carbons (Fsp3) is 0.400. The summed E-state index contributed by atoms with van der Waals surface area (Å²) in [6, 6.07) is 6.74. The smallest absolute Gasteiger partial charge is 0.339 e. The molecular weight excluding hydrogens is 276 g/mol. The molecule has 0 spiro atoms. The Bertz CT molecular complexity index is 491. The van der Waals surface area contributed by atoms with Crippen LogP contribution in [0.2, 0.25) is 0 Å². The summed E-state index contributed by atoms with van der Waals surface area (Å²) in [7, 11) is 2.88. The summed E-state index contributed by atoms with van der Waals surface area (Å²) in [5, 5.41) is 0. The molecule has 0 atom stereocenters. The quantitative estimate of drug-likeness (QED) is 0.413. The van der Waals surface area contributed by atoms with Gasteiger partial charge in [-0.05, 0) is 30.7 Å². The van der Waals surface area contributed by atoms with E-state index in [9.17, 15) is 14.4 Å². The number of benzene rings is 1. The summed E-state index contributed by atoms with van der Waals surface area (Å²) in [4.78, 5) is 34.2. The molecule has 0 amide bonds. The number of methoxy groups -OCH3 is 2. The lowest BCUT2D eigenvalue weighted by molar-refractivity contribution is -0.162. The van der Waals surface area contributed by atoms with E-state index in [4.69, 9.17) is 4.74 Å². The first-order chi connectivity index (χ1) is 10.1.